The molecule has 6 heteroatoms. The van der Waals surface area contributed by atoms with Crippen molar-refractivity contribution in [3.05, 3.63) is 82.2 Å². The normalized spacial score (nSPS) is 11.0. The van der Waals surface area contributed by atoms with Crippen LogP contribution in [0.1, 0.15) is 33.6 Å². The first-order valence-corrected chi connectivity index (χ1v) is 9.74. The summed E-state index contributed by atoms with van der Waals surface area (Å²) in [6, 6.07) is 15.5. The molecule has 0 saturated carbocycles. The van der Waals surface area contributed by atoms with Crippen molar-refractivity contribution in [2.45, 2.75) is 34.6 Å². The second kappa shape index (κ2) is 8.78. The van der Waals surface area contributed by atoms with Crippen molar-refractivity contribution in [2.24, 2.45) is 5.10 Å². The number of rotatable bonds is 4. The van der Waals surface area contributed by atoms with E-state index in [4.69, 9.17) is 0 Å². The van der Waals surface area contributed by atoms with Gasteiger partial charge in [0.05, 0.1) is 6.21 Å². The van der Waals surface area contributed by atoms with Crippen molar-refractivity contribution in [2.75, 3.05) is 5.32 Å². The molecule has 6 nitrogen and oxygen atoms in total. The van der Waals surface area contributed by atoms with E-state index >= 15 is 0 Å². The Morgan fingerprint density at radius 1 is 0.867 bits per heavy atom. The first-order chi connectivity index (χ1) is 14.3. The molecule has 2 N–H and O–H groups in total. The Hall–Kier alpha value is -3.67. The first-order valence-electron chi connectivity index (χ1n) is 9.74. The van der Waals surface area contributed by atoms with Crippen molar-refractivity contribution in [1.29, 1.82) is 0 Å². The molecule has 0 radical (unpaired) electrons. The van der Waals surface area contributed by atoms with E-state index in [1.165, 1.54) is 11.1 Å². The molecule has 1 aromatic heterocycles. The third kappa shape index (κ3) is 4.66. The summed E-state index contributed by atoms with van der Waals surface area (Å²) >= 11 is 0. The van der Waals surface area contributed by atoms with E-state index in [2.05, 4.69) is 52.5 Å². The van der Waals surface area contributed by atoms with E-state index in [0.29, 0.717) is 5.69 Å². The maximum Gasteiger partial charge on any atom is 0.329 e. The number of benzene rings is 2. The summed E-state index contributed by atoms with van der Waals surface area (Å²) in [4.78, 5) is 24.0. The predicted octanol–water partition coefficient (Wildman–Crippen LogP) is 4.11. The van der Waals surface area contributed by atoms with Crippen LogP contribution in [0.3, 0.4) is 0 Å². The van der Waals surface area contributed by atoms with Crippen LogP contribution in [0.25, 0.3) is 5.69 Å². The van der Waals surface area contributed by atoms with Crippen LogP contribution in [0.4, 0.5) is 5.69 Å². The van der Waals surface area contributed by atoms with Crippen LogP contribution < -0.4 is 10.7 Å². The minimum absolute atomic E-state index is 0.557. The number of carbonyl (C=O) groups excluding carboxylic acids is 2. The monoisotopic (exact) mass is 402 g/mol. The Morgan fingerprint density at radius 2 is 1.53 bits per heavy atom. The molecule has 2 aromatic carbocycles. The fourth-order valence-corrected chi connectivity index (χ4v) is 3.38. The number of hydrazone groups is 1. The molecule has 3 rings (SSSR count). The van der Waals surface area contributed by atoms with E-state index in [1.54, 1.807) is 18.3 Å². The van der Waals surface area contributed by atoms with Crippen molar-refractivity contribution in [1.82, 2.24) is 9.99 Å². The summed E-state index contributed by atoms with van der Waals surface area (Å²) < 4.78 is 2.15. The average Bonchev–Trinajstić information content (AvgIpc) is 2.97. The number of anilines is 1. The van der Waals surface area contributed by atoms with Gasteiger partial charge in [-0.3, -0.25) is 9.59 Å². The maximum absolute atomic E-state index is 12.0. The van der Waals surface area contributed by atoms with E-state index in [9.17, 15) is 9.59 Å². The molecule has 0 bridgehead atoms. The standard InChI is InChI=1S/C24H26N4O2/c1-15-6-9-21(10-7-15)26-23(29)24(30)27-25-14-20-13-18(4)28(19(20)5)22-11-8-16(2)12-17(22)3/h6-14H,1-5H3,(H,26,29)(H,27,30)/b25-14-. The SMILES string of the molecule is Cc1ccc(NC(=O)C(=O)N/N=C\c2cc(C)n(-c3ccc(C)cc3C)c2C)cc1. The number of nitrogens with one attached hydrogen (secondary N) is 2. The van der Waals surface area contributed by atoms with Crippen molar-refractivity contribution < 1.29 is 9.59 Å². The lowest BCUT2D eigenvalue weighted by Crippen LogP contribution is -2.32. The van der Waals surface area contributed by atoms with Gasteiger partial charge in [0.25, 0.3) is 0 Å². The molecule has 1 heterocycles. The van der Waals surface area contributed by atoms with E-state index in [0.717, 1.165) is 28.2 Å². The molecule has 3 aromatic rings. The molecule has 0 spiro atoms. The van der Waals surface area contributed by atoms with Crippen molar-refractivity contribution in [3.8, 4) is 5.69 Å². The number of nitrogens with zero attached hydrogens (tertiary/aromatic N) is 2. The lowest BCUT2D eigenvalue weighted by Gasteiger charge is -2.13. The number of hydrogen-bond donors (Lipinski definition) is 2. The summed E-state index contributed by atoms with van der Waals surface area (Å²) in [5.74, 6) is -1.59. The Kier molecular flexibility index (Phi) is 6.16. The Labute approximate surface area is 176 Å². The zero-order chi connectivity index (χ0) is 21.8. The fraction of sp³-hybridized carbons (Fsp3) is 0.208. The zero-order valence-corrected chi connectivity index (χ0v) is 17.9. The molecular weight excluding hydrogens is 376 g/mol. The molecular formula is C24H26N4O2. The van der Waals surface area contributed by atoms with Gasteiger partial charge in [0.15, 0.2) is 0 Å². The highest BCUT2D eigenvalue weighted by Gasteiger charge is 2.14. The van der Waals surface area contributed by atoms with Gasteiger partial charge in [0.1, 0.15) is 0 Å². The van der Waals surface area contributed by atoms with E-state index in [1.807, 2.05) is 39.0 Å². The van der Waals surface area contributed by atoms with Crippen LogP contribution in [-0.2, 0) is 9.59 Å². The summed E-state index contributed by atoms with van der Waals surface area (Å²) in [6.45, 7) is 10.1. The molecule has 0 aliphatic carbocycles. The topological polar surface area (TPSA) is 75.5 Å². The number of amides is 2. The minimum Gasteiger partial charge on any atom is -0.318 e. The third-order valence-corrected chi connectivity index (χ3v) is 4.95. The highest BCUT2D eigenvalue weighted by Crippen LogP contribution is 2.23. The van der Waals surface area contributed by atoms with Crippen LogP contribution in [0.15, 0.2) is 53.6 Å². The molecule has 0 aliphatic rings. The van der Waals surface area contributed by atoms with Crippen molar-refractivity contribution >= 4 is 23.7 Å². The van der Waals surface area contributed by atoms with Crippen LogP contribution >= 0.6 is 0 Å². The second-order valence-corrected chi connectivity index (χ2v) is 7.47. The second-order valence-electron chi connectivity index (χ2n) is 7.47. The van der Waals surface area contributed by atoms with Crippen LogP contribution in [0.2, 0.25) is 0 Å². The average molecular weight is 402 g/mol. The van der Waals surface area contributed by atoms with Crippen molar-refractivity contribution in [3.63, 3.8) is 0 Å². The van der Waals surface area contributed by atoms with Gasteiger partial charge < -0.3 is 9.88 Å². The highest BCUT2D eigenvalue weighted by molar-refractivity contribution is 6.39. The van der Waals surface area contributed by atoms with Crippen LogP contribution in [0, 0.1) is 34.6 Å². The van der Waals surface area contributed by atoms with Gasteiger partial charge in [-0.1, -0.05) is 35.4 Å². The molecule has 0 aliphatic heterocycles. The van der Waals surface area contributed by atoms with Gasteiger partial charge in [0, 0.05) is 28.3 Å². The van der Waals surface area contributed by atoms with Gasteiger partial charge in [-0.25, -0.2) is 5.43 Å². The fourth-order valence-electron chi connectivity index (χ4n) is 3.38. The molecule has 2 amide bonds. The van der Waals surface area contributed by atoms with Crippen LogP contribution in [0.5, 0.6) is 0 Å². The number of hydrogen-bond acceptors (Lipinski definition) is 3. The van der Waals surface area contributed by atoms with Gasteiger partial charge in [-0.15, -0.1) is 0 Å². The lowest BCUT2D eigenvalue weighted by atomic mass is 10.1. The summed E-state index contributed by atoms with van der Waals surface area (Å²) in [7, 11) is 0. The van der Waals surface area contributed by atoms with Gasteiger partial charge in [-0.2, -0.15) is 5.10 Å². The third-order valence-electron chi connectivity index (χ3n) is 4.95. The van der Waals surface area contributed by atoms with Gasteiger partial charge in [0.2, 0.25) is 0 Å². The molecule has 0 saturated heterocycles. The van der Waals surface area contributed by atoms with Gasteiger partial charge in [-0.05, 0) is 64.4 Å². The van der Waals surface area contributed by atoms with E-state index in [-0.39, 0.29) is 0 Å². The molecule has 0 atom stereocenters. The van der Waals surface area contributed by atoms with Gasteiger partial charge >= 0.3 is 11.8 Å². The number of aryl methyl sites for hydroxylation is 4. The minimum atomic E-state index is -0.824. The Morgan fingerprint density at radius 3 is 2.20 bits per heavy atom. The summed E-state index contributed by atoms with van der Waals surface area (Å²) in [5, 5.41) is 6.51. The zero-order valence-electron chi connectivity index (χ0n) is 17.9. The molecule has 0 fully saturated rings. The summed E-state index contributed by atoms with van der Waals surface area (Å²) in [6.07, 6.45) is 1.55. The molecule has 30 heavy (non-hydrogen) atoms. The quantitative estimate of drug-likeness (QED) is 0.391. The van der Waals surface area contributed by atoms with E-state index < -0.39 is 11.8 Å². The number of carbonyl (C=O) groups is 2. The Bertz CT molecular complexity index is 1120. The maximum atomic E-state index is 12.0. The smallest absolute Gasteiger partial charge is 0.318 e. The Balaban J connectivity index is 1.70. The first kappa shape index (κ1) is 21.0. The van der Waals surface area contributed by atoms with Crippen LogP contribution in [-0.4, -0.2) is 22.6 Å². The molecule has 154 valence electrons. The predicted molar refractivity (Wildman–Crippen MR) is 120 cm³/mol. The summed E-state index contributed by atoms with van der Waals surface area (Å²) in [5.41, 5.74) is 10.3. The largest absolute Gasteiger partial charge is 0.329 e. The lowest BCUT2D eigenvalue weighted by molar-refractivity contribution is -0.136. The molecule has 0 unspecified atom stereocenters. The highest BCUT2D eigenvalue weighted by atomic mass is 16.2. The number of aromatic nitrogens is 1.